The normalized spacial score (nSPS) is 18.5. The first-order chi connectivity index (χ1) is 10.9. The summed E-state index contributed by atoms with van der Waals surface area (Å²) in [4.78, 5) is 11.6. The van der Waals surface area contributed by atoms with Gasteiger partial charge < -0.3 is 20.7 Å². The first-order valence-electron chi connectivity index (χ1n) is 8.41. The molecule has 5 heteroatoms. The van der Waals surface area contributed by atoms with Gasteiger partial charge in [-0.05, 0) is 51.3 Å². The number of benzene rings is 1. The molecule has 1 unspecified atom stereocenters. The summed E-state index contributed by atoms with van der Waals surface area (Å²) in [5, 5.41) is 9.76. The van der Waals surface area contributed by atoms with Gasteiger partial charge in [-0.25, -0.2) is 4.79 Å². The van der Waals surface area contributed by atoms with E-state index in [-0.39, 0.29) is 6.09 Å². The predicted octanol–water partition coefficient (Wildman–Crippen LogP) is 2.55. The van der Waals surface area contributed by atoms with E-state index in [1.54, 1.807) is 0 Å². The van der Waals surface area contributed by atoms with Crippen molar-refractivity contribution in [3.8, 4) is 0 Å². The van der Waals surface area contributed by atoms with Crippen LogP contribution in [-0.4, -0.2) is 30.8 Å². The van der Waals surface area contributed by atoms with E-state index < -0.39 is 5.60 Å². The number of hydrogen-bond acceptors (Lipinski definition) is 4. The third-order valence-corrected chi connectivity index (χ3v) is 3.75. The van der Waals surface area contributed by atoms with Crippen molar-refractivity contribution in [1.82, 2.24) is 16.0 Å². The Bertz CT molecular complexity index is 488. The minimum Gasteiger partial charge on any atom is -0.444 e. The number of nitrogens with one attached hydrogen (secondary N) is 3. The minimum atomic E-state index is -0.465. The maximum atomic E-state index is 11.6. The summed E-state index contributed by atoms with van der Waals surface area (Å²) in [5.41, 5.74) is 1.86. The molecule has 1 aliphatic heterocycles. The molecule has 1 aromatic carbocycles. The summed E-state index contributed by atoms with van der Waals surface area (Å²) >= 11 is 0. The zero-order valence-electron chi connectivity index (χ0n) is 14.4. The molecule has 1 fully saturated rings. The number of piperidine rings is 1. The molecular formula is C18H29N3O2. The van der Waals surface area contributed by atoms with Gasteiger partial charge in [-0.1, -0.05) is 24.3 Å². The Hall–Kier alpha value is -1.59. The summed E-state index contributed by atoms with van der Waals surface area (Å²) in [6, 6.07) is 8.88. The summed E-state index contributed by atoms with van der Waals surface area (Å²) in [6.07, 6.45) is 2.10. The molecule has 1 aromatic rings. The lowest BCUT2D eigenvalue weighted by Gasteiger charge is -2.24. The molecule has 1 amide bonds. The molecule has 0 aromatic heterocycles. The van der Waals surface area contributed by atoms with Crippen LogP contribution in [0.25, 0.3) is 0 Å². The van der Waals surface area contributed by atoms with E-state index in [0.29, 0.717) is 12.6 Å². The molecule has 1 atom stereocenters. The molecule has 0 aliphatic carbocycles. The van der Waals surface area contributed by atoms with Crippen molar-refractivity contribution in [2.24, 2.45) is 0 Å². The molecule has 5 nitrogen and oxygen atoms in total. The fourth-order valence-electron chi connectivity index (χ4n) is 2.55. The maximum Gasteiger partial charge on any atom is 0.407 e. The van der Waals surface area contributed by atoms with Gasteiger partial charge in [0, 0.05) is 25.7 Å². The van der Waals surface area contributed by atoms with Gasteiger partial charge in [-0.2, -0.15) is 0 Å². The lowest BCUT2D eigenvalue weighted by atomic mass is 10.1. The van der Waals surface area contributed by atoms with Gasteiger partial charge in [-0.15, -0.1) is 0 Å². The standard InChI is InChI=1S/C18H29N3O2/c1-18(2,3)23-17(22)21-12-15-8-6-14(7-9-15)11-20-16-5-4-10-19-13-16/h6-9,16,19-20H,4-5,10-13H2,1-3H3,(H,21,22). The zero-order chi connectivity index (χ0) is 16.7. The fraction of sp³-hybridized carbons (Fsp3) is 0.611. The van der Waals surface area contributed by atoms with Crippen LogP contribution < -0.4 is 16.0 Å². The highest BCUT2D eigenvalue weighted by Gasteiger charge is 2.15. The molecule has 1 heterocycles. The molecule has 3 N–H and O–H groups in total. The molecule has 2 rings (SSSR count). The van der Waals surface area contributed by atoms with Crippen molar-refractivity contribution >= 4 is 6.09 Å². The summed E-state index contributed by atoms with van der Waals surface area (Å²) in [7, 11) is 0. The first kappa shape index (κ1) is 17.8. The van der Waals surface area contributed by atoms with Gasteiger partial charge in [0.05, 0.1) is 0 Å². The summed E-state index contributed by atoms with van der Waals surface area (Å²) < 4.78 is 5.22. The number of carbonyl (C=O) groups is 1. The fourth-order valence-corrected chi connectivity index (χ4v) is 2.55. The number of amides is 1. The maximum absolute atomic E-state index is 11.6. The van der Waals surface area contributed by atoms with Crippen LogP contribution in [0.2, 0.25) is 0 Å². The Labute approximate surface area is 139 Å². The Kier molecular flexibility index (Phi) is 6.42. The third-order valence-electron chi connectivity index (χ3n) is 3.75. The quantitative estimate of drug-likeness (QED) is 0.780. The number of ether oxygens (including phenoxy) is 1. The highest BCUT2D eigenvalue weighted by molar-refractivity contribution is 5.67. The van der Waals surface area contributed by atoms with E-state index in [1.807, 2.05) is 32.9 Å². The van der Waals surface area contributed by atoms with E-state index in [0.717, 1.165) is 25.2 Å². The van der Waals surface area contributed by atoms with Crippen LogP contribution >= 0.6 is 0 Å². The lowest BCUT2D eigenvalue weighted by Crippen LogP contribution is -2.42. The molecule has 0 saturated carbocycles. The number of alkyl carbamates (subject to hydrolysis) is 1. The minimum absolute atomic E-state index is 0.381. The summed E-state index contributed by atoms with van der Waals surface area (Å²) in [6.45, 7) is 9.12. The number of rotatable bonds is 5. The SMILES string of the molecule is CC(C)(C)OC(=O)NCc1ccc(CNC2CCCNC2)cc1. The van der Waals surface area contributed by atoms with Crippen molar-refractivity contribution in [2.75, 3.05) is 13.1 Å². The van der Waals surface area contributed by atoms with Gasteiger partial charge in [0.2, 0.25) is 0 Å². The van der Waals surface area contributed by atoms with Crippen molar-refractivity contribution in [2.45, 2.75) is 58.3 Å². The van der Waals surface area contributed by atoms with Crippen LogP contribution in [0.3, 0.4) is 0 Å². The average Bonchev–Trinajstić information content (AvgIpc) is 2.51. The highest BCUT2D eigenvalue weighted by Crippen LogP contribution is 2.09. The van der Waals surface area contributed by atoms with Crippen LogP contribution in [0.15, 0.2) is 24.3 Å². The van der Waals surface area contributed by atoms with Gasteiger partial charge in [0.15, 0.2) is 0 Å². The molecule has 23 heavy (non-hydrogen) atoms. The largest absolute Gasteiger partial charge is 0.444 e. The van der Waals surface area contributed by atoms with E-state index in [2.05, 4.69) is 28.1 Å². The van der Waals surface area contributed by atoms with E-state index in [4.69, 9.17) is 4.74 Å². The van der Waals surface area contributed by atoms with Crippen LogP contribution in [0, 0.1) is 0 Å². The second-order valence-electron chi connectivity index (χ2n) is 7.10. The van der Waals surface area contributed by atoms with Crippen molar-refractivity contribution < 1.29 is 9.53 Å². The van der Waals surface area contributed by atoms with Gasteiger partial charge in [0.25, 0.3) is 0 Å². The Morgan fingerprint density at radius 3 is 2.43 bits per heavy atom. The van der Waals surface area contributed by atoms with Crippen molar-refractivity contribution in [3.05, 3.63) is 35.4 Å². The molecular weight excluding hydrogens is 290 g/mol. The van der Waals surface area contributed by atoms with Crippen LogP contribution in [-0.2, 0) is 17.8 Å². The molecule has 0 spiro atoms. The highest BCUT2D eigenvalue weighted by atomic mass is 16.6. The Balaban J connectivity index is 1.72. The Morgan fingerprint density at radius 1 is 1.22 bits per heavy atom. The zero-order valence-corrected chi connectivity index (χ0v) is 14.4. The monoisotopic (exact) mass is 319 g/mol. The van der Waals surface area contributed by atoms with Crippen molar-refractivity contribution in [1.29, 1.82) is 0 Å². The number of hydrogen-bond donors (Lipinski definition) is 3. The van der Waals surface area contributed by atoms with Gasteiger partial charge in [0.1, 0.15) is 5.60 Å². The van der Waals surface area contributed by atoms with Crippen molar-refractivity contribution in [3.63, 3.8) is 0 Å². The molecule has 0 bridgehead atoms. The summed E-state index contributed by atoms with van der Waals surface area (Å²) in [5.74, 6) is 0. The second kappa shape index (κ2) is 8.31. The van der Waals surface area contributed by atoms with E-state index in [1.165, 1.54) is 18.4 Å². The van der Waals surface area contributed by atoms with Crippen LogP contribution in [0.4, 0.5) is 4.79 Å². The van der Waals surface area contributed by atoms with Gasteiger partial charge in [-0.3, -0.25) is 0 Å². The lowest BCUT2D eigenvalue weighted by molar-refractivity contribution is 0.0523. The molecule has 1 saturated heterocycles. The smallest absolute Gasteiger partial charge is 0.407 e. The average molecular weight is 319 g/mol. The van der Waals surface area contributed by atoms with E-state index in [9.17, 15) is 4.79 Å². The molecule has 128 valence electrons. The van der Waals surface area contributed by atoms with Crippen LogP contribution in [0.5, 0.6) is 0 Å². The van der Waals surface area contributed by atoms with Crippen LogP contribution in [0.1, 0.15) is 44.7 Å². The predicted molar refractivity (Wildman–Crippen MR) is 92.2 cm³/mol. The van der Waals surface area contributed by atoms with E-state index >= 15 is 0 Å². The third kappa shape index (κ3) is 7.01. The second-order valence-corrected chi connectivity index (χ2v) is 7.10. The Morgan fingerprint density at radius 2 is 1.87 bits per heavy atom. The number of carbonyl (C=O) groups excluding carboxylic acids is 1. The first-order valence-corrected chi connectivity index (χ1v) is 8.41. The molecule has 1 aliphatic rings. The molecule has 0 radical (unpaired) electrons. The topological polar surface area (TPSA) is 62.4 Å². The van der Waals surface area contributed by atoms with Gasteiger partial charge >= 0.3 is 6.09 Å².